The lowest BCUT2D eigenvalue weighted by atomic mass is 9.87. The van der Waals surface area contributed by atoms with Crippen LogP contribution in [0, 0.1) is 0 Å². The van der Waals surface area contributed by atoms with Crippen LogP contribution < -0.4 is 0 Å². The van der Waals surface area contributed by atoms with Gasteiger partial charge in [-0.05, 0) is 39.8 Å². The molecule has 0 spiro atoms. The zero-order valence-corrected chi connectivity index (χ0v) is 21.3. The lowest BCUT2D eigenvalue weighted by Gasteiger charge is -2.35. The number of piperazine rings is 1. The quantitative estimate of drug-likeness (QED) is 0.407. The van der Waals surface area contributed by atoms with E-state index in [1.165, 1.54) is 11.1 Å². The molecule has 0 bridgehead atoms. The first-order valence-corrected chi connectivity index (χ1v) is 12.6. The van der Waals surface area contributed by atoms with Crippen LogP contribution in [0.25, 0.3) is 0 Å². The minimum absolute atomic E-state index is 0.0327. The summed E-state index contributed by atoms with van der Waals surface area (Å²) in [6, 6.07) is 27.2. The predicted octanol–water partition coefficient (Wildman–Crippen LogP) is 6.50. The van der Waals surface area contributed by atoms with Gasteiger partial charge in [0.2, 0.25) is 5.91 Å². The first-order valence-electron chi connectivity index (χ1n) is 12.2. The third-order valence-corrected chi connectivity index (χ3v) is 7.06. The molecule has 1 unspecified atom stereocenters. The molecule has 1 heterocycles. The molecule has 1 fully saturated rings. The summed E-state index contributed by atoms with van der Waals surface area (Å²) in [6.45, 7) is 11.0. The minimum Gasteiger partial charge on any atom is -0.340 e. The van der Waals surface area contributed by atoms with Gasteiger partial charge in [0.05, 0.1) is 0 Å². The molecule has 0 saturated carbocycles. The highest BCUT2D eigenvalue weighted by atomic mass is 35.5. The van der Waals surface area contributed by atoms with E-state index in [1.807, 2.05) is 47.4 Å². The maximum absolute atomic E-state index is 13.3. The number of amides is 1. The Labute approximate surface area is 209 Å². The molecule has 178 valence electrons. The lowest BCUT2D eigenvalue weighted by Crippen LogP contribution is -2.48. The van der Waals surface area contributed by atoms with Gasteiger partial charge in [-0.1, -0.05) is 99.1 Å². The van der Waals surface area contributed by atoms with Crippen LogP contribution in [0.1, 0.15) is 55.4 Å². The first kappa shape index (κ1) is 24.5. The summed E-state index contributed by atoms with van der Waals surface area (Å²) in [5.41, 5.74) is 5.16. The fourth-order valence-electron chi connectivity index (χ4n) is 4.64. The monoisotopic (exact) mass is 474 g/mol. The molecule has 1 atom stereocenters. The van der Waals surface area contributed by atoms with Gasteiger partial charge in [-0.15, -0.1) is 0 Å². The summed E-state index contributed by atoms with van der Waals surface area (Å²) in [7, 11) is 0. The third kappa shape index (κ3) is 6.28. The van der Waals surface area contributed by atoms with Gasteiger partial charge in [0.1, 0.15) is 0 Å². The van der Waals surface area contributed by atoms with Gasteiger partial charge in [0.15, 0.2) is 0 Å². The van der Waals surface area contributed by atoms with Crippen molar-refractivity contribution in [3.63, 3.8) is 0 Å². The largest absolute Gasteiger partial charge is 0.340 e. The Morgan fingerprint density at radius 1 is 0.824 bits per heavy atom. The van der Waals surface area contributed by atoms with Crippen LogP contribution in [-0.4, -0.2) is 41.9 Å². The summed E-state index contributed by atoms with van der Waals surface area (Å²) < 4.78 is 0. The van der Waals surface area contributed by atoms with Gasteiger partial charge in [-0.2, -0.15) is 0 Å². The van der Waals surface area contributed by atoms with Crippen molar-refractivity contribution >= 4 is 17.5 Å². The molecule has 4 rings (SSSR count). The van der Waals surface area contributed by atoms with Crippen LogP contribution in [0.3, 0.4) is 0 Å². The number of halogens is 1. The zero-order valence-electron chi connectivity index (χ0n) is 20.5. The van der Waals surface area contributed by atoms with Crippen molar-refractivity contribution in [1.29, 1.82) is 0 Å². The molecule has 1 aliphatic rings. The minimum atomic E-state index is 0.0327. The third-order valence-electron chi connectivity index (χ3n) is 6.80. The molecule has 1 aliphatic heterocycles. The number of hydrogen-bond donors (Lipinski definition) is 0. The summed E-state index contributed by atoms with van der Waals surface area (Å²) in [6.07, 6.45) is 0.472. The van der Waals surface area contributed by atoms with Crippen LogP contribution in [0.5, 0.6) is 0 Å². The average molecular weight is 475 g/mol. The van der Waals surface area contributed by atoms with Crippen molar-refractivity contribution < 1.29 is 4.79 Å². The highest BCUT2D eigenvalue weighted by Gasteiger charge is 2.25. The van der Waals surface area contributed by atoms with Crippen molar-refractivity contribution in [2.75, 3.05) is 26.2 Å². The molecule has 0 N–H and O–H groups in total. The van der Waals surface area contributed by atoms with Gasteiger partial charge >= 0.3 is 0 Å². The molecule has 34 heavy (non-hydrogen) atoms. The maximum Gasteiger partial charge on any atom is 0.223 e. The molecule has 0 aliphatic carbocycles. The molecular weight excluding hydrogens is 440 g/mol. The first-order chi connectivity index (χ1) is 16.3. The van der Waals surface area contributed by atoms with E-state index in [9.17, 15) is 4.79 Å². The molecule has 3 nitrogen and oxygen atoms in total. The molecule has 1 saturated heterocycles. The number of rotatable bonds is 6. The van der Waals surface area contributed by atoms with Crippen molar-refractivity contribution in [2.45, 2.75) is 45.1 Å². The number of hydrogen-bond acceptors (Lipinski definition) is 2. The number of carbonyl (C=O) groups is 1. The van der Waals surface area contributed by atoms with Crippen molar-refractivity contribution in [1.82, 2.24) is 9.80 Å². The van der Waals surface area contributed by atoms with Crippen LogP contribution in [0.2, 0.25) is 5.02 Å². The van der Waals surface area contributed by atoms with Crippen LogP contribution >= 0.6 is 11.6 Å². The SMILES string of the molecule is CC(C)(C)c1ccc(CN2CCN(C(=O)CC(c3ccccc3)c3ccc(Cl)cc3)CC2)cc1. The second kappa shape index (κ2) is 10.8. The van der Waals surface area contributed by atoms with Crippen molar-refractivity contribution in [3.05, 3.63) is 106 Å². The zero-order chi connectivity index (χ0) is 24.1. The Hall–Kier alpha value is -2.62. The van der Waals surface area contributed by atoms with E-state index in [-0.39, 0.29) is 17.2 Å². The Bertz CT molecular complexity index is 1060. The second-order valence-electron chi connectivity index (χ2n) is 10.3. The van der Waals surface area contributed by atoms with Crippen LogP contribution in [-0.2, 0) is 16.8 Å². The average Bonchev–Trinajstić information content (AvgIpc) is 2.84. The maximum atomic E-state index is 13.3. The van der Waals surface area contributed by atoms with E-state index in [0.717, 1.165) is 43.9 Å². The van der Waals surface area contributed by atoms with Crippen LogP contribution in [0.4, 0.5) is 0 Å². The van der Waals surface area contributed by atoms with Crippen molar-refractivity contribution in [2.24, 2.45) is 0 Å². The van der Waals surface area contributed by atoms with E-state index in [0.29, 0.717) is 11.4 Å². The molecular formula is C30H35ClN2O. The van der Waals surface area contributed by atoms with E-state index in [1.54, 1.807) is 0 Å². The normalized spacial score (nSPS) is 15.8. The number of nitrogens with zero attached hydrogens (tertiary/aromatic N) is 2. The van der Waals surface area contributed by atoms with Gasteiger partial charge in [0.25, 0.3) is 0 Å². The Morgan fingerprint density at radius 3 is 2.00 bits per heavy atom. The van der Waals surface area contributed by atoms with E-state index in [2.05, 4.69) is 62.1 Å². The highest BCUT2D eigenvalue weighted by molar-refractivity contribution is 6.30. The fourth-order valence-corrected chi connectivity index (χ4v) is 4.76. The molecule has 3 aromatic rings. The Kier molecular flexibility index (Phi) is 7.75. The number of benzene rings is 3. The Morgan fingerprint density at radius 2 is 1.41 bits per heavy atom. The molecule has 0 radical (unpaired) electrons. The van der Waals surface area contributed by atoms with Crippen LogP contribution in [0.15, 0.2) is 78.9 Å². The topological polar surface area (TPSA) is 23.6 Å². The molecule has 0 aromatic heterocycles. The lowest BCUT2D eigenvalue weighted by molar-refractivity contribution is -0.133. The van der Waals surface area contributed by atoms with Crippen molar-refractivity contribution in [3.8, 4) is 0 Å². The summed E-state index contributed by atoms with van der Waals surface area (Å²) >= 11 is 6.11. The van der Waals surface area contributed by atoms with Gasteiger partial charge in [-0.25, -0.2) is 0 Å². The number of carbonyl (C=O) groups excluding carboxylic acids is 1. The second-order valence-corrected chi connectivity index (χ2v) is 10.8. The van der Waals surface area contributed by atoms with E-state index >= 15 is 0 Å². The smallest absolute Gasteiger partial charge is 0.223 e. The van der Waals surface area contributed by atoms with E-state index in [4.69, 9.17) is 11.6 Å². The fraction of sp³-hybridized carbons (Fsp3) is 0.367. The standard InChI is InChI=1S/C30H35ClN2O/c1-30(2,3)26-13-9-23(10-14-26)22-32-17-19-33(20-18-32)29(34)21-28(24-7-5-4-6-8-24)25-11-15-27(31)16-12-25/h4-16,28H,17-22H2,1-3H3. The van der Waals surface area contributed by atoms with Gasteiger partial charge < -0.3 is 4.90 Å². The van der Waals surface area contributed by atoms with E-state index < -0.39 is 0 Å². The van der Waals surface area contributed by atoms with Gasteiger partial charge in [0, 0.05) is 50.1 Å². The molecule has 1 amide bonds. The predicted molar refractivity (Wildman–Crippen MR) is 141 cm³/mol. The highest BCUT2D eigenvalue weighted by Crippen LogP contribution is 2.30. The summed E-state index contributed by atoms with van der Waals surface area (Å²) in [5.74, 6) is 0.253. The molecule has 4 heteroatoms. The Balaban J connectivity index is 1.36. The summed E-state index contributed by atoms with van der Waals surface area (Å²) in [5, 5.41) is 0.714. The van der Waals surface area contributed by atoms with Gasteiger partial charge in [-0.3, -0.25) is 9.69 Å². The molecule has 3 aromatic carbocycles. The summed E-state index contributed by atoms with van der Waals surface area (Å²) in [4.78, 5) is 17.8.